The Morgan fingerprint density at radius 3 is 3.00 bits per heavy atom. The summed E-state index contributed by atoms with van der Waals surface area (Å²) in [6, 6.07) is 0. The van der Waals surface area contributed by atoms with Crippen LogP contribution in [0.25, 0.3) is 0 Å². The Bertz CT molecular complexity index is 257. The lowest BCUT2D eigenvalue weighted by molar-refractivity contribution is -0.115. The van der Waals surface area contributed by atoms with E-state index in [0.29, 0.717) is 23.2 Å². The summed E-state index contributed by atoms with van der Waals surface area (Å²) in [5.74, 6) is 0.915. The van der Waals surface area contributed by atoms with Crippen LogP contribution in [0.2, 0.25) is 0 Å². The van der Waals surface area contributed by atoms with Gasteiger partial charge >= 0.3 is 0 Å². The smallest absolute Gasteiger partial charge is 0.147 e. The van der Waals surface area contributed by atoms with Crippen LogP contribution in [0.15, 0.2) is 11.7 Å². The van der Waals surface area contributed by atoms with E-state index in [1.165, 1.54) is 0 Å². The maximum atomic E-state index is 11.4. The van der Waals surface area contributed by atoms with E-state index in [1.807, 2.05) is 0 Å². The topological polar surface area (TPSA) is 30.0 Å². The van der Waals surface area contributed by atoms with Crippen molar-refractivity contribution in [3.8, 4) is 0 Å². The van der Waals surface area contributed by atoms with Crippen LogP contribution in [0.4, 0.5) is 0 Å². The molecule has 0 fully saturated rings. The highest BCUT2D eigenvalue weighted by Crippen LogP contribution is 2.12. The molecule has 0 saturated heterocycles. The lowest BCUT2D eigenvalue weighted by Gasteiger charge is -2.02. The van der Waals surface area contributed by atoms with Gasteiger partial charge in [-0.05, 0) is 5.25 Å². The minimum absolute atomic E-state index is 0.294. The molecule has 0 spiro atoms. The standard InChI is InChI=1S/C9H13NOS2/c1-7(2)12-5-8(11)3-9-4-10-6-13-9/h4,6-7H,3,5H2,1-2H3. The monoisotopic (exact) mass is 215 g/mol. The molecule has 2 nitrogen and oxygen atoms in total. The van der Waals surface area contributed by atoms with E-state index in [4.69, 9.17) is 0 Å². The van der Waals surface area contributed by atoms with Gasteiger partial charge in [-0.1, -0.05) is 13.8 Å². The largest absolute Gasteiger partial charge is 0.298 e. The molecular formula is C9H13NOS2. The van der Waals surface area contributed by atoms with Gasteiger partial charge in [-0.3, -0.25) is 9.78 Å². The lowest BCUT2D eigenvalue weighted by atomic mass is 10.3. The van der Waals surface area contributed by atoms with Gasteiger partial charge in [0.25, 0.3) is 0 Å². The zero-order valence-corrected chi connectivity index (χ0v) is 9.45. The van der Waals surface area contributed by atoms with Crippen molar-refractivity contribution in [2.75, 3.05) is 5.75 Å². The first kappa shape index (κ1) is 10.7. The first-order valence-corrected chi connectivity index (χ1v) is 6.12. The predicted molar refractivity (Wildman–Crippen MR) is 58.4 cm³/mol. The molecule has 0 N–H and O–H groups in total. The van der Waals surface area contributed by atoms with Crippen molar-refractivity contribution in [3.63, 3.8) is 0 Å². The molecule has 0 saturated carbocycles. The van der Waals surface area contributed by atoms with Crippen LogP contribution < -0.4 is 0 Å². The van der Waals surface area contributed by atoms with Crippen molar-refractivity contribution in [1.29, 1.82) is 0 Å². The Labute approximate surface area is 86.8 Å². The van der Waals surface area contributed by atoms with Crippen molar-refractivity contribution >= 4 is 28.9 Å². The van der Waals surface area contributed by atoms with Gasteiger partial charge < -0.3 is 0 Å². The Morgan fingerprint density at radius 2 is 2.46 bits per heavy atom. The number of rotatable bonds is 5. The third-order valence-electron chi connectivity index (χ3n) is 1.43. The fourth-order valence-corrected chi connectivity index (χ4v) is 2.08. The van der Waals surface area contributed by atoms with E-state index >= 15 is 0 Å². The molecule has 0 unspecified atom stereocenters. The number of hydrogen-bond acceptors (Lipinski definition) is 4. The van der Waals surface area contributed by atoms with E-state index in [0.717, 1.165) is 4.88 Å². The van der Waals surface area contributed by atoms with Gasteiger partial charge in [0.05, 0.1) is 11.3 Å². The zero-order valence-electron chi connectivity index (χ0n) is 7.82. The second-order valence-corrected chi connectivity index (χ2v) is 5.58. The molecule has 0 atom stereocenters. The second kappa shape index (κ2) is 5.40. The van der Waals surface area contributed by atoms with Crippen molar-refractivity contribution in [3.05, 3.63) is 16.6 Å². The molecule has 72 valence electrons. The molecule has 1 aromatic heterocycles. The Morgan fingerprint density at radius 1 is 1.69 bits per heavy atom. The van der Waals surface area contributed by atoms with Gasteiger partial charge in [0.1, 0.15) is 5.78 Å². The summed E-state index contributed by atoms with van der Waals surface area (Å²) in [6.07, 6.45) is 2.31. The summed E-state index contributed by atoms with van der Waals surface area (Å²) in [7, 11) is 0. The maximum absolute atomic E-state index is 11.4. The number of Topliss-reactive ketones (excluding diaryl/α,β-unsaturated/α-hetero) is 1. The third kappa shape index (κ3) is 4.43. The van der Waals surface area contributed by atoms with Crippen molar-refractivity contribution in [2.24, 2.45) is 0 Å². The van der Waals surface area contributed by atoms with Crippen molar-refractivity contribution in [1.82, 2.24) is 4.98 Å². The van der Waals surface area contributed by atoms with E-state index in [9.17, 15) is 4.79 Å². The summed E-state index contributed by atoms with van der Waals surface area (Å²) >= 11 is 3.24. The molecule has 13 heavy (non-hydrogen) atoms. The summed E-state index contributed by atoms with van der Waals surface area (Å²) in [6.45, 7) is 4.20. The van der Waals surface area contributed by atoms with Crippen LogP contribution in [0.3, 0.4) is 0 Å². The minimum Gasteiger partial charge on any atom is -0.298 e. The highest BCUT2D eigenvalue weighted by atomic mass is 32.2. The van der Waals surface area contributed by atoms with Crippen LogP contribution in [0, 0.1) is 0 Å². The van der Waals surface area contributed by atoms with Gasteiger partial charge in [-0.2, -0.15) is 11.8 Å². The lowest BCUT2D eigenvalue weighted by Crippen LogP contribution is -2.06. The molecule has 1 rings (SSSR count). The first-order valence-electron chi connectivity index (χ1n) is 4.19. The summed E-state index contributed by atoms with van der Waals surface area (Å²) in [5.41, 5.74) is 1.76. The number of thioether (sulfide) groups is 1. The third-order valence-corrected chi connectivity index (χ3v) is 3.37. The highest BCUT2D eigenvalue weighted by Gasteiger charge is 2.06. The first-order chi connectivity index (χ1) is 6.18. The van der Waals surface area contributed by atoms with Crippen LogP contribution in [-0.2, 0) is 11.2 Å². The van der Waals surface area contributed by atoms with Crippen LogP contribution in [0.1, 0.15) is 18.7 Å². The molecule has 0 aliphatic carbocycles. The van der Waals surface area contributed by atoms with Crippen molar-refractivity contribution < 1.29 is 4.79 Å². The number of ketones is 1. The molecule has 4 heteroatoms. The van der Waals surface area contributed by atoms with Gasteiger partial charge in [0.15, 0.2) is 0 Å². The maximum Gasteiger partial charge on any atom is 0.147 e. The van der Waals surface area contributed by atoms with Gasteiger partial charge in [0.2, 0.25) is 0 Å². The molecule has 1 aromatic rings. The number of nitrogens with zero attached hydrogens (tertiary/aromatic N) is 1. The minimum atomic E-state index is 0.294. The Balaban J connectivity index is 2.26. The molecule has 0 radical (unpaired) electrons. The Hall–Kier alpha value is -0.350. The fraction of sp³-hybridized carbons (Fsp3) is 0.556. The van der Waals surface area contributed by atoms with E-state index in [1.54, 1.807) is 34.8 Å². The second-order valence-electron chi connectivity index (χ2n) is 3.04. The highest BCUT2D eigenvalue weighted by molar-refractivity contribution is 8.00. The van der Waals surface area contributed by atoms with Gasteiger partial charge in [-0.25, -0.2) is 0 Å². The fourth-order valence-electron chi connectivity index (χ4n) is 0.834. The van der Waals surface area contributed by atoms with Crippen LogP contribution in [-0.4, -0.2) is 21.8 Å². The number of hydrogen-bond donors (Lipinski definition) is 0. The summed E-state index contributed by atoms with van der Waals surface area (Å²) in [5, 5.41) is 0.533. The van der Waals surface area contributed by atoms with Gasteiger partial charge in [-0.15, -0.1) is 11.3 Å². The molecule has 0 bridgehead atoms. The Kier molecular flexibility index (Phi) is 4.45. The van der Waals surface area contributed by atoms with E-state index in [-0.39, 0.29) is 0 Å². The van der Waals surface area contributed by atoms with Crippen molar-refractivity contribution in [2.45, 2.75) is 25.5 Å². The number of thiazole rings is 1. The van der Waals surface area contributed by atoms with E-state index < -0.39 is 0 Å². The number of carbonyl (C=O) groups is 1. The summed E-state index contributed by atoms with van der Waals surface area (Å²) < 4.78 is 0. The zero-order chi connectivity index (χ0) is 9.68. The SMILES string of the molecule is CC(C)SCC(=O)Cc1cncs1. The molecule has 0 aliphatic rings. The molecule has 1 heterocycles. The predicted octanol–water partition coefficient (Wildman–Crippen LogP) is 2.40. The molecular weight excluding hydrogens is 202 g/mol. The number of aromatic nitrogens is 1. The van der Waals surface area contributed by atoms with Crippen LogP contribution in [0.5, 0.6) is 0 Å². The molecule has 0 aliphatic heterocycles. The van der Waals surface area contributed by atoms with Gasteiger partial charge in [0, 0.05) is 17.5 Å². The average molecular weight is 215 g/mol. The average Bonchev–Trinajstić information content (AvgIpc) is 2.53. The number of carbonyl (C=O) groups excluding carboxylic acids is 1. The van der Waals surface area contributed by atoms with Crippen LogP contribution >= 0.6 is 23.1 Å². The quantitative estimate of drug-likeness (QED) is 0.755. The normalized spacial score (nSPS) is 10.7. The molecule has 0 amide bonds. The van der Waals surface area contributed by atoms with E-state index in [2.05, 4.69) is 18.8 Å². The molecule has 0 aromatic carbocycles. The summed E-state index contributed by atoms with van der Waals surface area (Å²) in [4.78, 5) is 16.4.